The van der Waals surface area contributed by atoms with Crippen LogP contribution in [0, 0.1) is 5.82 Å². The van der Waals surface area contributed by atoms with Crippen molar-refractivity contribution >= 4 is 40.5 Å². The maximum Gasteiger partial charge on any atom is 0.358 e. The summed E-state index contributed by atoms with van der Waals surface area (Å²) >= 11 is 7.93. The summed E-state index contributed by atoms with van der Waals surface area (Å²) in [6, 6.07) is 10.0. The summed E-state index contributed by atoms with van der Waals surface area (Å²) in [6.07, 6.45) is 0. The lowest BCUT2D eigenvalue weighted by Gasteiger charge is -2.36. The highest BCUT2D eigenvalue weighted by Gasteiger charge is 2.28. The normalized spacial score (nSPS) is 13.3. The standard InChI is InChI=1S/C22H22ClFN4O3S.C2H6/c1-2-31-22(30)21-19(23)20(17-4-3-13-32-17)25-28(21)14-18(29)27-11-9-26(10-12-27)16-7-5-15(24)6-8-16;1-2/h3-8,13H,2,9-12,14H2,1H3;1-2H3. The van der Waals surface area contributed by atoms with E-state index in [0.29, 0.717) is 31.9 Å². The molecule has 3 heterocycles. The zero-order chi connectivity index (χ0) is 24.7. The first-order valence-electron chi connectivity index (χ1n) is 11.2. The second-order valence-corrected chi connectivity index (χ2v) is 8.54. The van der Waals surface area contributed by atoms with Gasteiger partial charge in [-0.15, -0.1) is 11.3 Å². The molecule has 2 aromatic heterocycles. The summed E-state index contributed by atoms with van der Waals surface area (Å²) in [6.45, 7) is 8.06. The van der Waals surface area contributed by atoms with Crippen molar-refractivity contribution in [3.8, 4) is 10.6 Å². The van der Waals surface area contributed by atoms with Crippen molar-refractivity contribution in [3.05, 3.63) is 58.3 Å². The average molecular weight is 507 g/mol. The van der Waals surface area contributed by atoms with Gasteiger partial charge in [0.05, 0.1) is 11.5 Å². The maximum absolute atomic E-state index is 13.2. The third kappa shape index (κ3) is 5.77. The SMILES string of the molecule is CC.CCOC(=O)c1c(Cl)c(-c2cccs2)nn1CC(=O)N1CCN(c2ccc(F)cc2)CC1. The average Bonchev–Trinajstić information content (AvgIpc) is 3.49. The van der Waals surface area contributed by atoms with Crippen LogP contribution in [-0.4, -0.2) is 59.3 Å². The highest BCUT2D eigenvalue weighted by atomic mass is 35.5. The van der Waals surface area contributed by atoms with Crippen LogP contribution in [0.5, 0.6) is 0 Å². The number of benzene rings is 1. The second kappa shape index (κ2) is 12.0. The quantitative estimate of drug-likeness (QED) is 0.442. The lowest BCUT2D eigenvalue weighted by molar-refractivity contribution is -0.132. The molecule has 182 valence electrons. The highest BCUT2D eigenvalue weighted by molar-refractivity contribution is 7.13. The van der Waals surface area contributed by atoms with Crippen molar-refractivity contribution in [2.24, 2.45) is 0 Å². The summed E-state index contributed by atoms with van der Waals surface area (Å²) in [7, 11) is 0. The molecule has 7 nitrogen and oxygen atoms in total. The molecule has 4 rings (SSSR count). The van der Waals surface area contributed by atoms with Crippen LogP contribution in [0.4, 0.5) is 10.1 Å². The second-order valence-electron chi connectivity index (χ2n) is 7.21. The molecule has 0 atom stereocenters. The molecular weight excluding hydrogens is 479 g/mol. The zero-order valence-corrected chi connectivity index (χ0v) is 21.0. The molecule has 1 saturated heterocycles. The van der Waals surface area contributed by atoms with Crippen molar-refractivity contribution in [2.45, 2.75) is 27.3 Å². The number of nitrogens with zero attached hydrogens (tertiary/aromatic N) is 4. The fourth-order valence-corrected chi connectivity index (χ4v) is 4.70. The summed E-state index contributed by atoms with van der Waals surface area (Å²) in [5, 5.41) is 6.53. The van der Waals surface area contributed by atoms with Gasteiger partial charge in [0.15, 0.2) is 5.69 Å². The van der Waals surface area contributed by atoms with Gasteiger partial charge in [0.2, 0.25) is 5.91 Å². The van der Waals surface area contributed by atoms with Gasteiger partial charge in [-0.3, -0.25) is 4.79 Å². The van der Waals surface area contributed by atoms with Crippen LogP contribution in [0.3, 0.4) is 0 Å². The van der Waals surface area contributed by atoms with Crippen LogP contribution in [0.2, 0.25) is 5.02 Å². The lowest BCUT2D eigenvalue weighted by atomic mass is 10.2. The molecule has 1 amide bonds. The Kier molecular flexibility index (Phi) is 9.06. The number of rotatable bonds is 6. The van der Waals surface area contributed by atoms with E-state index in [4.69, 9.17) is 16.3 Å². The van der Waals surface area contributed by atoms with Gasteiger partial charge in [-0.2, -0.15) is 5.10 Å². The third-order valence-electron chi connectivity index (χ3n) is 5.23. The van der Waals surface area contributed by atoms with Gasteiger partial charge in [-0.1, -0.05) is 31.5 Å². The van der Waals surface area contributed by atoms with Gasteiger partial charge in [-0.25, -0.2) is 13.9 Å². The Labute approximate surface area is 207 Å². The number of esters is 1. The Morgan fingerprint density at radius 1 is 1.12 bits per heavy atom. The van der Waals surface area contributed by atoms with Gasteiger partial charge >= 0.3 is 5.97 Å². The Hall–Kier alpha value is -2.91. The smallest absolute Gasteiger partial charge is 0.358 e. The summed E-state index contributed by atoms with van der Waals surface area (Å²) in [5.74, 6) is -1.05. The number of thiophene rings is 1. The molecule has 0 unspecified atom stereocenters. The molecule has 0 spiro atoms. The summed E-state index contributed by atoms with van der Waals surface area (Å²) < 4.78 is 19.6. The van der Waals surface area contributed by atoms with E-state index in [9.17, 15) is 14.0 Å². The summed E-state index contributed by atoms with van der Waals surface area (Å²) in [5.41, 5.74) is 1.46. The van der Waals surface area contributed by atoms with E-state index in [1.54, 1.807) is 24.0 Å². The van der Waals surface area contributed by atoms with Crippen LogP contribution in [0.15, 0.2) is 41.8 Å². The third-order valence-corrected chi connectivity index (χ3v) is 6.46. The van der Waals surface area contributed by atoms with E-state index >= 15 is 0 Å². The molecule has 1 aromatic carbocycles. The largest absolute Gasteiger partial charge is 0.461 e. The van der Waals surface area contributed by atoms with Gasteiger partial charge in [0, 0.05) is 31.9 Å². The van der Waals surface area contributed by atoms with Crippen LogP contribution in [0.1, 0.15) is 31.3 Å². The van der Waals surface area contributed by atoms with Crippen molar-refractivity contribution in [3.63, 3.8) is 0 Å². The highest BCUT2D eigenvalue weighted by Crippen LogP contribution is 2.33. The van der Waals surface area contributed by atoms with E-state index in [0.717, 1.165) is 10.6 Å². The van der Waals surface area contributed by atoms with Crippen LogP contribution in [0.25, 0.3) is 10.6 Å². The van der Waals surface area contributed by atoms with Crippen molar-refractivity contribution in [2.75, 3.05) is 37.7 Å². The molecule has 3 aromatic rings. The number of ether oxygens (including phenoxy) is 1. The number of piperazine rings is 1. The van der Waals surface area contributed by atoms with Gasteiger partial charge in [0.25, 0.3) is 0 Å². The van der Waals surface area contributed by atoms with Gasteiger partial charge in [-0.05, 0) is 42.6 Å². The number of hydrogen-bond donors (Lipinski definition) is 0. The minimum absolute atomic E-state index is 0.0789. The molecule has 0 aliphatic carbocycles. The number of hydrogen-bond acceptors (Lipinski definition) is 6. The predicted molar refractivity (Wildman–Crippen MR) is 133 cm³/mol. The van der Waals surface area contributed by atoms with E-state index < -0.39 is 5.97 Å². The fourth-order valence-electron chi connectivity index (χ4n) is 3.61. The number of halogens is 2. The Morgan fingerprint density at radius 3 is 2.38 bits per heavy atom. The molecule has 1 fully saturated rings. The molecule has 0 radical (unpaired) electrons. The van der Waals surface area contributed by atoms with Crippen molar-refractivity contribution < 1.29 is 18.7 Å². The van der Waals surface area contributed by atoms with E-state index in [2.05, 4.69) is 10.00 Å². The van der Waals surface area contributed by atoms with Crippen LogP contribution >= 0.6 is 22.9 Å². The predicted octanol–water partition coefficient (Wildman–Crippen LogP) is 4.96. The van der Waals surface area contributed by atoms with Crippen LogP contribution < -0.4 is 4.90 Å². The Bertz CT molecular complexity index is 1090. The monoisotopic (exact) mass is 506 g/mol. The van der Waals surface area contributed by atoms with E-state index in [1.165, 1.54) is 28.2 Å². The number of carbonyl (C=O) groups excluding carboxylic acids is 2. The number of aromatic nitrogens is 2. The van der Waals surface area contributed by atoms with E-state index in [-0.39, 0.29) is 35.6 Å². The first-order valence-corrected chi connectivity index (χ1v) is 12.5. The Morgan fingerprint density at radius 2 is 1.79 bits per heavy atom. The number of carbonyl (C=O) groups is 2. The summed E-state index contributed by atoms with van der Waals surface area (Å²) in [4.78, 5) is 30.2. The van der Waals surface area contributed by atoms with E-state index in [1.807, 2.05) is 31.4 Å². The van der Waals surface area contributed by atoms with Gasteiger partial charge in [0.1, 0.15) is 23.1 Å². The minimum atomic E-state index is -0.610. The first kappa shape index (κ1) is 25.7. The fraction of sp³-hybridized carbons (Fsp3) is 0.375. The molecule has 0 N–H and O–H groups in total. The zero-order valence-electron chi connectivity index (χ0n) is 19.5. The lowest BCUT2D eigenvalue weighted by Crippen LogP contribution is -2.49. The van der Waals surface area contributed by atoms with Crippen molar-refractivity contribution in [1.29, 1.82) is 0 Å². The molecule has 34 heavy (non-hydrogen) atoms. The number of amides is 1. The molecule has 1 aliphatic heterocycles. The number of anilines is 1. The van der Waals surface area contributed by atoms with Crippen molar-refractivity contribution in [1.82, 2.24) is 14.7 Å². The molecular formula is C24H28ClFN4O3S. The molecule has 1 aliphatic rings. The minimum Gasteiger partial charge on any atom is -0.461 e. The molecule has 10 heteroatoms. The topological polar surface area (TPSA) is 67.7 Å². The molecule has 0 saturated carbocycles. The maximum atomic E-state index is 13.2. The first-order chi connectivity index (χ1) is 16.5. The Balaban J connectivity index is 0.00000158. The van der Waals surface area contributed by atoms with Gasteiger partial charge < -0.3 is 14.5 Å². The molecule has 0 bridgehead atoms. The van der Waals surface area contributed by atoms with Crippen LogP contribution in [-0.2, 0) is 16.1 Å².